The number of hydrogen-bond acceptors (Lipinski definition) is 5. The average molecular weight is 228 g/mol. The molecule has 15 heavy (non-hydrogen) atoms. The van der Waals surface area contributed by atoms with Crippen LogP contribution in [-0.2, 0) is 6.54 Å². The molecule has 5 nitrogen and oxygen atoms in total. The lowest BCUT2D eigenvalue weighted by molar-refractivity contribution is 0.309. The zero-order valence-electron chi connectivity index (χ0n) is 8.97. The van der Waals surface area contributed by atoms with Gasteiger partial charge in [0.05, 0.1) is 6.54 Å². The first kappa shape index (κ1) is 11.9. The Balaban J connectivity index is 2.33. The zero-order chi connectivity index (χ0) is 11.3. The van der Waals surface area contributed by atoms with Crippen LogP contribution in [0.4, 0.5) is 0 Å². The lowest BCUT2D eigenvalue weighted by Crippen LogP contribution is -2.24. The summed E-state index contributed by atoms with van der Waals surface area (Å²) in [5, 5.41) is 14.4. The predicted octanol–water partition coefficient (Wildman–Crippen LogP) is 1.02. The third kappa shape index (κ3) is 4.26. The quantitative estimate of drug-likeness (QED) is 0.341. The summed E-state index contributed by atoms with van der Waals surface area (Å²) in [4.78, 5) is 6.46. The molecule has 0 fully saturated rings. The minimum atomic E-state index is 0.261. The maximum Gasteiger partial charge on any atom is 0.140 e. The van der Waals surface area contributed by atoms with Gasteiger partial charge in [0, 0.05) is 24.0 Å². The molecule has 1 aromatic heterocycles. The Morgan fingerprint density at radius 2 is 2.47 bits per heavy atom. The molecule has 0 aliphatic heterocycles. The van der Waals surface area contributed by atoms with Crippen LogP contribution in [-0.4, -0.2) is 34.5 Å². The Morgan fingerprint density at radius 1 is 1.73 bits per heavy atom. The lowest BCUT2D eigenvalue weighted by atomic mass is 10.3. The van der Waals surface area contributed by atoms with Gasteiger partial charge in [-0.15, -0.1) is 11.3 Å². The van der Waals surface area contributed by atoms with Crippen LogP contribution in [0.15, 0.2) is 10.5 Å². The van der Waals surface area contributed by atoms with E-state index in [1.54, 1.807) is 11.3 Å². The van der Waals surface area contributed by atoms with Gasteiger partial charge in [-0.2, -0.15) is 0 Å². The smallest absolute Gasteiger partial charge is 0.140 e. The first-order chi connectivity index (χ1) is 7.11. The number of thiazole rings is 1. The van der Waals surface area contributed by atoms with E-state index in [0.29, 0.717) is 6.42 Å². The van der Waals surface area contributed by atoms with Crippen LogP contribution in [0.2, 0.25) is 0 Å². The Bertz CT molecular complexity index is 337. The van der Waals surface area contributed by atoms with E-state index in [-0.39, 0.29) is 5.84 Å². The van der Waals surface area contributed by atoms with Crippen molar-refractivity contribution in [1.29, 1.82) is 0 Å². The highest BCUT2D eigenvalue weighted by Gasteiger charge is 2.04. The molecule has 0 bridgehead atoms. The number of amidine groups is 1. The summed E-state index contributed by atoms with van der Waals surface area (Å²) in [6.07, 6.45) is 0.567. The molecule has 0 atom stereocenters. The van der Waals surface area contributed by atoms with Crippen molar-refractivity contribution in [1.82, 2.24) is 9.88 Å². The summed E-state index contributed by atoms with van der Waals surface area (Å²) in [6, 6.07) is 0. The minimum Gasteiger partial charge on any atom is -0.409 e. The number of nitrogens with two attached hydrogens (primary N) is 1. The topological polar surface area (TPSA) is 74.7 Å². The molecule has 0 saturated heterocycles. The van der Waals surface area contributed by atoms with Crippen molar-refractivity contribution in [2.24, 2.45) is 10.9 Å². The average Bonchev–Trinajstić information content (AvgIpc) is 2.60. The molecular formula is C9H16N4OS. The summed E-state index contributed by atoms with van der Waals surface area (Å²) >= 11 is 1.65. The van der Waals surface area contributed by atoms with Crippen LogP contribution in [0.5, 0.6) is 0 Å². The van der Waals surface area contributed by atoms with E-state index >= 15 is 0 Å². The van der Waals surface area contributed by atoms with E-state index in [4.69, 9.17) is 10.9 Å². The van der Waals surface area contributed by atoms with Crippen LogP contribution in [0, 0.1) is 6.92 Å². The zero-order valence-corrected chi connectivity index (χ0v) is 9.79. The highest BCUT2D eigenvalue weighted by Crippen LogP contribution is 2.10. The molecule has 0 amide bonds. The number of nitrogens with zero attached hydrogens (tertiary/aromatic N) is 3. The van der Waals surface area contributed by atoms with Gasteiger partial charge >= 0.3 is 0 Å². The van der Waals surface area contributed by atoms with E-state index in [0.717, 1.165) is 23.8 Å². The fraction of sp³-hybridized carbons (Fsp3) is 0.556. The van der Waals surface area contributed by atoms with Crippen LogP contribution < -0.4 is 5.73 Å². The van der Waals surface area contributed by atoms with E-state index in [2.05, 4.69) is 15.0 Å². The molecular weight excluding hydrogens is 212 g/mol. The van der Waals surface area contributed by atoms with Gasteiger partial charge in [0.2, 0.25) is 0 Å². The van der Waals surface area contributed by atoms with Crippen molar-refractivity contribution in [3.05, 3.63) is 16.1 Å². The van der Waals surface area contributed by atoms with Gasteiger partial charge in [-0.25, -0.2) is 4.98 Å². The van der Waals surface area contributed by atoms with E-state index in [1.807, 2.05) is 19.4 Å². The van der Waals surface area contributed by atoms with Crippen molar-refractivity contribution in [2.45, 2.75) is 19.9 Å². The Kier molecular flexibility index (Phi) is 4.51. The monoisotopic (exact) mass is 228 g/mol. The van der Waals surface area contributed by atoms with E-state index < -0.39 is 0 Å². The van der Waals surface area contributed by atoms with E-state index in [1.165, 1.54) is 0 Å². The summed E-state index contributed by atoms with van der Waals surface area (Å²) in [5.41, 5.74) is 6.43. The van der Waals surface area contributed by atoms with Gasteiger partial charge in [-0.1, -0.05) is 5.16 Å². The SMILES string of the molecule is Cc1csc(CN(C)CCC(N)=NO)n1. The van der Waals surface area contributed by atoms with Crippen LogP contribution in [0.25, 0.3) is 0 Å². The van der Waals surface area contributed by atoms with Gasteiger partial charge in [-0.05, 0) is 14.0 Å². The molecule has 0 aliphatic carbocycles. The molecule has 1 rings (SSSR count). The Labute approximate surface area is 93.2 Å². The maximum atomic E-state index is 8.37. The molecule has 6 heteroatoms. The molecule has 1 aromatic rings. The fourth-order valence-corrected chi connectivity index (χ4v) is 1.99. The van der Waals surface area contributed by atoms with Gasteiger partial charge in [-0.3, -0.25) is 4.90 Å². The molecule has 1 heterocycles. The summed E-state index contributed by atoms with van der Waals surface area (Å²) in [5.74, 6) is 0.261. The van der Waals surface area contributed by atoms with Gasteiger partial charge < -0.3 is 10.9 Å². The number of oxime groups is 1. The Hall–Kier alpha value is -1.14. The van der Waals surface area contributed by atoms with Crippen LogP contribution in [0.3, 0.4) is 0 Å². The van der Waals surface area contributed by atoms with Crippen molar-refractivity contribution in [3.8, 4) is 0 Å². The molecule has 0 aromatic carbocycles. The second-order valence-electron chi connectivity index (χ2n) is 3.46. The molecule has 0 spiro atoms. The largest absolute Gasteiger partial charge is 0.409 e. The first-order valence-corrected chi connectivity index (χ1v) is 5.55. The minimum absolute atomic E-state index is 0.261. The lowest BCUT2D eigenvalue weighted by Gasteiger charge is -2.13. The highest BCUT2D eigenvalue weighted by atomic mass is 32.1. The second kappa shape index (κ2) is 5.67. The van der Waals surface area contributed by atoms with Gasteiger partial charge in [0.15, 0.2) is 0 Å². The first-order valence-electron chi connectivity index (χ1n) is 4.67. The third-order valence-corrected chi connectivity index (χ3v) is 2.90. The molecule has 0 aliphatic rings. The number of aromatic nitrogens is 1. The molecule has 84 valence electrons. The molecule has 3 N–H and O–H groups in total. The van der Waals surface area contributed by atoms with Crippen molar-refractivity contribution in [3.63, 3.8) is 0 Å². The molecule has 0 radical (unpaired) electrons. The summed E-state index contributed by atoms with van der Waals surface area (Å²) in [6.45, 7) is 3.54. The van der Waals surface area contributed by atoms with Crippen LogP contribution in [0.1, 0.15) is 17.1 Å². The summed E-state index contributed by atoms with van der Waals surface area (Å²) < 4.78 is 0. The Morgan fingerprint density at radius 3 is 3.00 bits per heavy atom. The standard InChI is InChI=1S/C9H16N4OS/c1-7-6-15-9(11-7)5-13(2)4-3-8(10)12-14/h6,14H,3-5H2,1-2H3,(H2,10,12). The van der Waals surface area contributed by atoms with Crippen LogP contribution >= 0.6 is 11.3 Å². The normalized spacial score (nSPS) is 12.3. The maximum absolute atomic E-state index is 8.37. The number of hydrogen-bond donors (Lipinski definition) is 2. The second-order valence-corrected chi connectivity index (χ2v) is 4.40. The van der Waals surface area contributed by atoms with E-state index in [9.17, 15) is 0 Å². The van der Waals surface area contributed by atoms with Crippen molar-refractivity contribution >= 4 is 17.2 Å². The number of rotatable bonds is 5. The molecule has 0 saturated carbocycles. The number of aryl methyl sites for hydroxylation is 1. The van der Waals surface area contributed by atoms with Gasteiger partial charge in [0.25, 0.3) is 0 Å². The fourth-order valence-electron chi connectivity index (χ4n) is 1.14. The predicted molar refractivity (Wildman–Crippen MR) is 61.2 cm³/mol. The van der Waals surface area contributed by atoms with Gasteiger partial charge in [0.1, 0.15) is 10.8 Å². The van der Waals surface area contributed by atoms with Crippen molar-refractivity contribution in [2.75, 3.05) is 13.6 Å². The third-order valence-electron chi connectivity index (χ3n) is 1.95. The van der Waals surface area contributed by atoms with Crippen molar-refractivity contribution < 1.29 is 5.21 Å². The highest BCUT2D eigenvalue weighted by molar-refractivity contribution is 7.09. The molecule has 0 unspecified atom stereocenters. The summed E-state index contributed by atoms with van der Waals surface area (Å²) in [7, 11) is 1.99.